The van der Waals surface area contributed by atoms with Crippen LogP contribution in [0.4, 0.5) is 26.3 Å². The summed E-state index contributed by atoms with van der Waals surface area (Å²) in [6, 6.07) is 4.42. The molecular weight excluding hydrogens is 531 g/mol. The fourth-order valence-corrected chi connectivity index (χ4v) is 5.52. The Balaban J connectivity index is 0.00000324. The fourth-order valence-electron chi connectivity index (χ4n) is 5.52. The van der Waals surface area contributed by atoms with Gasteiger partial charge in [0.15, 0.2) is 0 Å². The predicted molar refractivity (Wildman–Crippen MR) is 112 cm³/mol. The van der Waals surface area contributed by atoms with Crippen LogP contribution in [0.1, 0.15) is 75.3 Å². The van der Waals surface area contributed by atoms with Gasteiger partial charge >= 0.3 is 6.11 Å². The molecule has 0 atom stereocenters. The molecule has 34 heavy (non-hydrogen) atoms. The summed E-state index contributed by atoms with van der Waals surface area (Å²) in [7, 11) is 0. The molecule has 2 aromatic carbocycles. The summed E-state index contributed by atoms with van der Waals surface area (Å²) in [5.74, 6) is -4.31. The molecule has 0 heterocycles. The Hall–Kier alpha value is -1.08. The van der Waals surface area contributed by atoms with E-state index in [1.807, 2.05) is 0 Å². The van der Waals surface area contributed by atoms with Gasteiger partial charge in [-0.25, -0.2) is 17.6 Å². The van der Waals surface area contributed by atoms with Crippen molar-refractivity contribution >= 4 is 0 Å². The quantitative estimate of drug-likeness (QED) is 0.265. The van der Waals surface area contributed by atoms with Crippen LogP contribution in [0.5, 0.6) is 5.75 Å². The van der Waals surface area contributed by atoms with Crippen molar-refractivity contribution in [3.8, 4) is 5.75 Å². The molecule has 0 aromatic heterocycles. The molecule has 4 rings (SSSR count). The van der Waals surface area contributed by atoms with Gasteiger partial charge in [0.1, 0.15) is 17.2 Å². The zero-order valence-corrected chi connectivity index (χ0v) is 21.9. The van der Waals surface area contributed by atoms with E-state index in [2.05, 4.69) is 11.7 Å². The van der Waals surface area contributed by atoms with Gasteiger partial charge < -0.3 is 4.74 Å². The number of halogens is 6. The molecule has 0 N–H and O–H groups in total. The molecule has 0 saturated heterocycles. The molecule has 0 amide bonds. The van der Waals surface area contributed by atoms with Crippen molar-refractivity contribution in [1.29, 1.82) is 0 Å². The van der Waals surface area contributed by atoms with Crippen molar-refractivity contribution in [1.82, 2.24) is 0 Å². The van der Waals surface area contributed by atoms with Crippen LogP contribution in [0.3, 0.4) is 0 Å². The largest absolute Gasteiger partial charge is 0.455 e. The Bertz CT molecular complexity index is 938. The summed E-state index contributed by atoms with van der Waals surface area (Å²) in [6.07, 6.45) is 3.98. The topological polar surface area (TPSA) is 9.23 Å². The minimum atomic E-state index is -4.46. The van der Waals surface area contributed by atoms with E-state index >= 15 is 0 Å². The minimum Gasteiger partial charge on any atom is -0.455 e. The second-order valence-electron chi connectivity index (χ2n) is 9.62. The molecular formula is C26H27F6OY-. The molecule has 1 nitrogen and oxygen atoms in total. The summed E-state index contributed by atoms with van der Waals surface area (Å²) in [4.78, 5) is 0. The molecule has 1 radical (unpaired) electrons. The molecule has 2 aliphatic rings. The summed E-state index contributed by atoms with van der Waals surface area (Å²) >= 11 is 0. The van der Waals surface area contributed by atoms with Gasteiger partial charge in [0.2, 0.25) is 0 Å². The van der Waals surface area contributed by atoms with Crippen LogP contribution in [-0.2, 0) is 38.8 Å². The van der Waals surface area contributed by atoms with Gasteiger partial charge in [-0.05, 0) is 79.9 Å². The first-order valence-electron chi connectivity index (χ1n) is 11.6. The third-order valence-corrected chi connectivity index (χ3v) is 7.35. The average Bonchev–Trinajstić information content (AvgIpc) is 2.72. The van der Waals surface area contributed by atoms with Crippen LogP contribution in [0.15, 0.2) is 24.3 Å². The van der Waals surface area contributed by atoms with Gasteiger partial charge in [-0.2, -0.15) is 8.78 Å². The van der Waals surface area contributed by atoms with Crippen LogP contribution in [0.2, 0.25) is 0 Å². The molecule has 2 aromatic rings. The van der Waals surface area contributed by atoms with E-state index in [0.29, 0.717) is 29.5 Å². The summed E-state index contributed by atoms with van der Waals surface area (Å²) in [5, 5.41) is 0. The van der Waals surface area contributed by atoms with E-state index in [1.165, 1.54) is 25.7 Å². The molecule has 0 bridgehead atoms. The minimum absolute atomic E-state index is 0. The molecule has 0 aliphatic heterocycles. The number of hydrogen-bond donors (Lipinski definition) is 0. The molecule has 0 spiro atoms. The van der Waals surface area contributed by atoms with Gasteiger partial charge in [-0.15, -0.1) is 6.07 Å². The smallest absolute Gasteiger partial charge is 0.430 e. The third kappa shape index (κ3) is 6.37. The molecule has 2 saturated carbocycles. The Morgan fingerprint density at radius 3 is 1.74 bits per heavy atom. The first-order valence-corrected chi connectivity index (χ1v) is 11.6. The maximum absolute atomic E-state index is 14.7. The van der Waals surface area contributed by atoms with Crippen molar-refractivity contribution in [3.63, 3.8) is 0 Å². The van der Waals surface area contributed by atoms with Crippen molar-refractivity contribution in [2.24, 2.45) is 17.8 Å². The number of alkyl halides is 2. The summed E-state index contributed by atoms with van der Waals surface area (Å²) in [6.45, 7) is 2.28. The first-order chi connectivity index (χ1) is 15.6. The van der Waals surface area contributed by atoms with Crippen molar-refractivity contribution in [2.75, 3.05) is 0 Å². The zero-order chi connectivity index (χ0) is 23.8. The van der Waals surface area contributed by atoms with Crippen molar-refractivity contribution < 1.29 is 63.8 Å². The predicted octanol–water partition coefficient (Wildman–Crippen LogP) is 8.27. The summed E-state index contributed by atoms with van der Waals surface area (Å²) < 4.78 is 89.1. The molecule has 2 fully saturated rings. The van der Waals surface area contributed by atoms with E-state index in [4.69, 9.17) is 0 Å². The van der Waals surface area contributed by atoms with Crippen LogP contribution < -0.4 is 4.74 Å². The fraction of sp³-hybridized carbons (Fsp3) is 0.538. The van der Waals surface area contributed by atoms with Crippen LogP contribution in [0, 0.1) is 47.1 Å². The SMILES string of the molecule is CC1CCC(C2CCC(c3cc(F)c(C(F)(F)Oc4cc(F)[c-]c(F)c4)c(F)c3)CC2)CC1.[Y]. The van der Waals surface area contributed by atoms with Crippen LogP contribution in [0.25, 0.3) is 0 Å². The maximum Gasteiger partial charge on any atom is 0.430 e. The first kappa shape index (κ1) is 27.5. The standard InChI is InChI=1S/C26H27F6O.Y/c1-15-2-4-16(5-3-15)17-6-8-18(9-7-17)19-10-23(29)25(24(30)11-19)26(31,32)33-22-13-20(27)12-21(28)14-22;/h10-11,13-18H,2-9H2,1H3;/q-1;. The number of rotatable bonds is 5. The Morgan fingerprint density at radius 2 is 1.24 bits per heavy atom. The van der Waals surface area contributed by atoms with Crippen LogP contribution in [-0.4, -0.2) is 0 Å². The van der Waals surface area contributed by atoms with Gasteiger partial charge in [0.25, 0.3) is 0 Å². The second kappa shape index (κ2) is 11.3. The van der Waals surface area contributed by atoms with E-state index in [9.17, 15) is 26.3 Å². The zero-order valence-electron chi connectivity index (χ0n) is 19.0. The van der Waals surface area contributed by atoms with Crippen LogP contribution >= 0.6 is 0 Å². The molecule has 8 heteroatoms. The van der Waals surface area contributed by atoms with Gasteiger partial charge in [-0.3, -0.25) is 0 Å². The van der Waals surface area contributed by atoms with Crippen molar-refractivity contribution in [2.45, 2.75) is 70.3 Å². The normalized spacial score (nSPS) is 25.5. The third-order valence-electron chi connectivity index (χ3n) is 7.35. The Labute approximate surface area is 221 Å². The average molecular weight is 558 g/mol. The molecule has 183 valence electrons. The van der Waals surface area contributed by atoms with E-state index < -0.39 is 40.7 Å². The van der Waals surface area contributed by atoms with Gasteiger partial charge in [-0.1, -0.05) is 31.9 Å². The van der Waals surface area contributed by atoms with E-state index in [-0.39, 0.29) is 38.6 Å². The maximum atomic E-state index is 14.7. The van der Waals surface area contributed by atoms with Gasteiger partial charge in [0.05, 0.1) is 0 Å². The van der Waals surface area contributed by atoms with Gasteiger partial charge in [0, 0.05) is 50.1 Å². The number of hydrogen-bond acceptors (Lipinski definition) is 1. The number of benzene rings is 2. The monoisotopic (exact) mass is 558 g/mol. The molecule has 0 unspecified atom stereocenters. The molecule has 2 aliphatic carbocycles. The second-order valence-corrected chi connectivity index (χ2v) is 9.62. The van der Waals surface area contributed by atoms with Crippen molar-refractivity contribution in [3.05, 3.63) is 64.7 Å². The Morgan fingerprint density at radius 1 is 0.765 bits per heavy atom. The Kier molecular flexibility index (Phi) is 9.16. The van der Waals surface area contributed by atoms with E-state index in [1.54, 1.807) is 6.07 Å². The van der Waals surface area contributed by atoms with E-state index in [0.717, 1.165) is 43.7 Å². The number of ether oxygens (including phenoxy) is 1. The summed E-state index contributed by atoms with van der Waals surface area (Å²) in [5.41, 5.74) is -1.23.